The summed E-state index contributed by atoms with van der Waals surface area (Å²) >= 11 is 1.22. The zero-order valence-electron chi connectivity index (χ0n) is 8.11. The van der Waals surface area contributed by atoms with Crippen molar-refractivity contribution in [2.45, 2.75) is 0 Å². The molecule has 0 saturated carbocycles. The Morgan fingerprint density at radius 2 is 2.13 bits per heavy atom. The second kappa shape index (κ2) is 3.90. The minimum Gasteiger partial charge on any atom is -0.422 e. The lowest BCUT2D eigenvalue weighted by Crippen LogP contribution is -2.10. The van der Waals surface area contributed by atoms with Crippen molar-refractivity contribution < 1.29 is 4.42 Å². The summed E-state index contributed by atoms with van der Waals surface area (Å²) in [6.07, 6.45) is 1.76. The van der Waals surface area contributed by atoms with E-state index in [9.17, 15) is 4.79 Å². The molecular weight excluding hydrogens is 210 g/mol. The van der Waals surface area contributed by atoms with Crippen LogP contribution in [0.4, 0.5) is 0 Å². The molecule has 0 saturated heterocycles. The van der Waals surface area contributed by atoms with Crippen molar-refractivity contribution in [3.8, 4) is 0 Å². The Labute approximate surface area is 90.6 Å². The molecule has 1 N–H and O–H groups in total. The lowest BCUT2D eigenvalue weighted by Gasteiger charge is -2.00. The molecule has 0 aliphatic heterocycles. The van der Waals surface area contributed by atoms with Crippen molar-refractivity contribution in [1.29, 1.82) is 5.41 Å². The third-order valence-corrected chi connectivity index (χ3v) is 2.72. The highest BCUT2D eigenvalue weighted by Gasteiger charge is 2.08. The number of fused-ring (bicyclic) bond motifs is 1. The smallest absolute Gasteiger partial charge is 0.346 e. The molecule has 3 nitrogen and oxygen atoms in total. The van der Waals surface area contributed by atoms with Gasteiger partial charge in [0.25, 0.3) is 0 Å². The predicted octanol–water partition coefficient (Wildman–Crippen LogP) is 2.48. The molecule has 15 heavy (non-hydrogen) atoms. The van der Waals surface area contributed by atoms with Crippen LogP contribution in [0.25, 0.3) is 11.0 Å². The van der Waals surface area contributed by atoms with Crippen LogP contribution in [0.2, 0.25) is 0 Å². The molecule has 4 heteroatoms. The second-order valence-corrected chi connectivity index (χ2v) is 3.84. The van der Waals surface area contributed by atoms with E-state index in [-0.39, 0.29) is 5.04 Å². The third-order valence-electron chi connectivity index (χ3n) is 2.09. The van der Waals surface area contributed by atoms with Gasteiger partial charge in [0, 0.05) is 5.39 Å². The summed E-state index contributed by atoms with van der Waals surface area (Å²) < 4.78 is 5.11. The lowest BCUT2D eigenvalue weighted by molar-refractivity contribution is 0.559. The Bertz CT molecular complexity index is 574. The maximum absolute atomic E-state index is 11.5. The summed E-state index contributed by atoms with van der Waals surface area (Å²) in [5.41, 5.74) is 0.425. The molecule has 0 atom stereocenters. The first kappa shape index (κ1) is 9.98. The number of nitrogens with one attached hydrogen (secondary N) is 1. The van der Waals surface area contributed by atoms with Crippen LogP contribution in [-0.2, 0) is 0 Å². The van der Waals surface area contributed by atoms with E-state index in [1.165, 1.54) is 11.8 Å². The molecule has 0 aliphatic carbocycles. The van der Waals surface area contributed by atoms with Gasteiger partial charge in [-0.05, 0) is 18.4 Å². The molecule has 1 heterocycles. The first-order valence-electron chi connectivity index (χ1n) is 4.38. The molecule has 2 aromatic rings. The Balaban J connectivity index is 2.73. The maximum Gasteiger partial charge on any atom is 0.346 e. The van der Waals surface area contributed by atoms with Crippen LogP contribution >= 0.6 is 11.8 Å². The average Bonchev–Trinajstić information content (AvgIpc) is 2.27. The number of hydrogen-bond acceptors (Lipinski definition) is 4. The van der Waals surface area contributed by atoms with Gasteiger partial charge >= 0.3 is 5.63 Å². The molecule has 0 bridgehead atoms. The first-order valence-corrected chi connectivity index (χ1v) is 5.60. The second-order valence-electron chi connectivity index (χ2n) is 3.02. The van der Waals surface area contributed by atoms with E-state index < -0.39 is 5.63 Å². The average molecular weight is 219 g/mol. The van der Waals surface area contributed by atoms with Gasteiger partial charge in [0.1, 0.15) is 10.6 Å². The van der Waals surface area contributed by atoms with Gasteiger partial charge in [0.15, 0.2) is 0 Å². The molecule has 2 rings (SSSR count). The summed E-state index contributed by atoms with van der Waals surface area (Å²) in [7, 11) is 0. The maximum atomic E-state index is 11.5. The number of thioether (sulfide) groups is 1. The highest BCUT2D eigenvalue weighted by Crippen LogP contribution is 2.14. The monoisotopic (exact) mass is 219 g/mol. The van der Waals surface area contributed by atoms with Crippen LogP contribution in [0, 0.1) is 5.41 Å². The van der Waals surface area contributed by atoms with Gasteiger partial charge in [-0.15, -0.1) is 11.8 Å². The van der Waals surface area contributed by atoms with E-state index in [2.05, 4.69) is 0 Å². The standard InChI is InChI=1S/C11H9NO2S/c1-15-10(12)8-6-7-4-2-3-5-9(7)14-11(8)13/h2-6,12H,1H3. The molecule has 76 valence electrons. The van der Waals surface area contributed by atoms with Gasteiger partial charge in [-0.3, -0.25) is 5.41 Å². The van der Waals surface area contributed by atoms with E-state index in [1.54, 1.807) is 18.4 Å². The Kier molecular flexibility index (Phi) is 2.60. The van der Waals surface area contributed by atoms with Gasteiger partial charge in [0.2, 0.25) is 0 Å². The molecule has 0 unspecified atom stereocenters. The minimum absolute atomic E-state index is 0.231. The molecular formula is C11H9NO2S. The van der Waals surface area contributed by atoms with Crippen molar-refractivity contribution in [1.82, 2.24) is 0 Å². The van der Waals surface area contributed by atoms with E-state index in [0.29, 0.717) is 11.1 Å². The quantitative estimate of drug-likeness (QED) is 0.455. The van der Waals surface area contributed by atoms with Gasteiger partial charge in [-0.1, -0.05) is 18.2 Å². The van der Waals surface area contributed by atoms with Crippen LogP contribution in [-0.4, -0.2) is 11.3 Å². The molecule has 0 spiro atoms. The number of para-hydroxylation sites is 1. The number of benzene rings is 1. The minimum atomic E-state index is -0.451. The molecule has 1 aromatic heterocycles. The van der Waals surface area contributed by atoms with E-state index in [1.807, 2.05) is 18.2 Å². The topological polar surface area (TPSA) is 54.1 Å². The van der Waals surface area contributed by atoms with Crippen LogP contribution in [0.15, 0.2) is 39.5 Å². The molecule has 0 amide bonds. The van der Waals surface area contributed by atoms with Crippen molar-refractivity contribution in [2.75, 3.05) is 6.26 Å². The molecule has 0 radical (unpaired) electrons. The first-order chi connectivity index (χ1) is 7.22. The van der Waals surface area contributed by atoms with Crippen LogP contribution in [0.5, 0.6) is 0 Å². The summed E-state index contributed by atoms with van der Waals surface area (Å²) in [4.78, 5) is 11.5. The highest BCUT2D eigenvalue weighted by molar-refractivity contribution is 8.13. The van der Waals surface area contributed by atoms with Gasteiger partial charge in [0.05, 0.1) is 5.56 Å². The van der Waals surface area contributed by atoms with E-state index in [4.69, 9.17) is 9.83 Å². The van der Waals surface area contributed by atoms with E-state index in [0.717, 1.165) is 5.39 Å². The van der Waals surface area contributed by atoms with Crippen molar-refractivity contribution >= 4 is 27.8 Å². The van der Waals surface area contributed by atoms with Gasteiger partial charge in [-0.2, -0.15) is 0 Å². The molecule has 0 fully saturated rings. The largest absolute Gasteiger partial charge is 0.422 e. The fourth-order valence-electron chi connectivity index (χ4n) is 1.33. The van der Waals surface area contributed by atoms with Crippen LogP contribution in [0.1, 0.15) is 5.56 Å². The van der Waals surface area contributed by atoms with Crippen LogP contribution < -0.4 is 5.63 Å². The van der Waals surface area contributed by atoms with E-state index >= 15 is 0 Å². The molecule has 0 aliphatic rings. The fourth-order valence-corrected chi connectivity index (χ4v) is 1.69. The number of hydrogen-bond donors (Lipinski definition) is 1. The van der Waals surface area contributed by atoms with Crippen molar-refractivity contribution in [3.63, 3.8) is 0 Å². The summed E-state index contributed by atoms with van der Waals surface area (Å²) in [6.45, 7) is 0. The third kappa shape index (κ3) is 1.80. The summed E-state index contributed by atoms with van der Waals surface area (Å²) in [5.74, 6) is 0. The predicted molar refractivity (Wildman–Crippen MR) is 62.8 cm³/mol. The summed E-state index contributed by atoms with van der Waals surface area (Å²) in [6, 6.07) is 8.97. The van der Waals surface area contributed by atoms with Crippen LogP contribution in [0.3, 0.4) is 0 Å². The van der Waals surface area contributed by atoms with Crippen molar-refractivity contribution in [2.24, 2.45) is 0 Å². The zero-order valence-corrected chi connectivity index (χ0v) is 8.93. The lowest BCUT2D eigenvalue weighted by atomic mass is 10.2. The zero-order chi connectivity index (χ0) is 10.8. The Hall–Kier alpha value is -1.55. The van der Waals surface area contributed by atoms with Gasteiger partial charge < -0.3 is 4.42 Å². The number of rotatable bonds is 1. The van der Waals surface area contributed by atoms with Crippen molar-refractivity contribution in [3.05, 3.63) is 46.3 Å². The van der Waals surface area contributed by atoms with Gasteiger partial charge in [-0.25, -0.2) is 4.79 Å². The normalized spacial score (nSPS) is 10.5. The molecule has 1 aromatic carbocycles. The highest BCUT2D eigenvalue weighted by atomic mass is 32.2. The Morgan fingerprint density at radius 1 is 1.40 bits per heavy atom. The summed E-state index contributed by atoms with van der Waals surface area (Å²) in [5, 5.41) is 8.67. The fraction of sp³-hybridized carbons (Fsp3) is 0.0909. The Morgan fingerprint density at radius 3 is 2.87 bits per heavy atom. The SMILES string of the molecule is CSC(=N)c1cc2ccccc2oc1=O.